The summed E-state index contributed by atoms with van der Waals surface area (Å²) in [4.78, 5) is 0. The van der Waals surface area contributed by atoms with Crippen LogP contribution >= 0.6 is 0 Å². The highest BCUT2D eigenvalue weighted by atomic mass is 16.5. The molecule has 0 radical (unpaired) electrons. The van der Waals surface area contributed by atoms with Crippen molar-refractivity contribution in [2.75, 3.05) is 6.61 Å². The second kappa shape index (κ2) is 9.28. The zero-order valence-corrected chi connectivity index (χ0v) is 7.38. The number of hydrogen-bond donors (Lipinski definition) is 0. The normalized spacial score (nSPS) is 10.3. The van der Waals surface area contributed by atoms with Crippen molar-refractivity contribution in [1.82, 2.24) is 0 Å². The standard InChI is InChI=1S/C10H18O/c1-3-5-6-7-8-9-10-11-4-2/h4,8-9H,2-3,5-7,10H2,1H3. The van der Waals surface area contributed by atoms with E-state index in [2.05, 4.69) is 19.6 Å². The molecule has 64 valence electrons. The van der Waals surface area contributed by atoms with Crippen LogP contribution in [0, 0.1) is 0 Å². The van der Waals surface area contributed by atoms with E-state index in [4.69, 9.17) is 4.74 Å². The molecule has 0 saturated heterocycles. The van der Waals surface area contributed by atoms with Gasteiger partial charge in [0.2, 0.25) is 0 Å². The van der Waals surface area contributed by atoms with Crippen LogP contribution in [0.4, 0.5) is 0 Å². The predicted octanol–water partition coefficient (Wildman–Crippen LogP) is 3.28. The number of allylic oxidation sites excluding steroid dienone is 1. The lowest BCUT2D eigenvalue weighted by atomic mass is 10.2. The summed E-state index contributed by atoms with van der Waals surface area (Å²) in [6.07, 6.45) is 10.8. The molecule has 0 aliphatic carbocycles. The molecule has 0 unspecified atom stereocenters. The van der Waals surface area contributed by atoms with Gasteiger partial charge in [-0.2, -0.15) is 0 Å². The number of unbranched alkanes of at least 4 members (excludes halogenated alkanes) is 3. The first-order valence-corrected chi connectivity index (χ1v) is 4.29. The molecule has 0 N–H and O–H groups in total. The summed E-state index contributed by atoms with van der Waals surface area (Å²) < 4.78 is 4.92. The maximum Gasteiger partial charge on any atom is 0.105 e. The van der Waals surface area contributed by atoms with E-state index >= 15 is 0 Å². The summed E-state index contributed by atoms with van der Waals surface area (Å²) in [7, 11) is 0. The molecule has 0 saturated carbocycles. The van der Waals surface area contributed by atoms with Gasteiger partial charge in [0.25, 0.3) is 0 Å². The van der Waals surface area contributed by atoms with E-state index in [1.807, 2.05) is 6.08 Å². The summed E-state index contributed by atoms with van der Waals surface area (Å²) in [6.45, 7) is 6.33. The molecule has 0 aromatic carbocycles. The minimum absolute atomic E-state index is 0.662. The average molecular weight is 154 g/mol. The first-order chi connectivity index (χ1) is 5.41. The van der Waals surface area contributed by atoms with Gasteiger partial charge in [-0.25, -0.2) is 0 Å². The van der Waals surface area contributed by atoms with E-state index in [0.29, 0.717) is 6.61 Å². The Morgan fingerprint density at radius 2 is 2.09 bits per heavy atom. The van der Waals surface area contributed by atoms with Crippen molar-refractivity contribution in [2.24, 2.45) is 0 Å². The fourth-order valence-electron chi connectivity index (χ4n) is 0.822. The molecule has 0 spiro atoms. The third-order valence-corrected chi connectivity index (χ3v) is 1.45. The summed E-state index contributed by atoms with van der Waals surface area (Å²) in [5, 5.41) is 0. The third-order valence-electron chi connectivity index (χ3n) is 1.45. The molecule has 1 nitrogen and oxygen atoms in total. The zero-order chi connectivity index (χ0) is 8.36. The molecule has 0 amide bonds. The highest BCUT2D eigenvalue weighted by Gasteiger charge is 1.80. The van der Waals surface area contributed by atoms with E-state index in [0.717, 1.165) is 0 Å². The van der Waals surface area contributed by atoms with E-state index in [1.165, 1.54) is 31.9 Å². The lowest BCUT2D eigenvalue weighted by Crippen LogP contribution is -1.79. The van der Waals surface area contributed by atoms with Gasteiger partial charge in [-0.3, -0.25) is 0 Å². The highest BCUT2D eigenvalue weighted by molar-refractivity contribution is 4.81. The van der Waals surface area contributed by atoms with Crippen molar-refractivity contribution in [3.8, 4) is 0 Å². The Morgan fingerprint density at radius 1 is 1.27 bits per heavy atom. The lowest BCUT2D eigenvalue weighted by Gasteiger charge is -1.93. The SMILES string of the molecule is C=COCC=CCCCCC. The van der Waals surface area contributed by atoms with Crippen molar-refractivity contribution >= 4 is 0 Å². The van der Waals surface area contributed by atoms with Crippen LogP contribution in [0.2, 0.25) is 0 Å². The van der Waals surface area contributed by atoms with Gasteiger partial charge >= 0.3 is 0 Å². The molecule has 0 bridgehead atoms. The molecule has 0 aromatic heterocycles. The fraction of sp³-hybridized carbons (Fsp3) is 0.600. The molecule has 0 heterocycles. The Balaban J connectivity index is 2.97. The van der Waals surface area contributed by atoms with Crippen molar-refractivity contribution in [1.29, 1.82) is 0 Å². The van der Waals surface area contributed by atoms with Crippen LogP contribution < -0.4 is 0 Å². The summed E-state index contributed by atoms with van der Waals surface area (Å²) in [5.74, 6) is 0. The van der Waals surface area contributed by atoms with Gasteiger partial charge in [0.05, 0.1) is 6.26 Å². The lowest BCUT2D eigenvalue weighted by molar-refractivity contribution is 0.291. The second-order valence-corrected chi connectivity index (χ2v) is 2.47. The summed E-state index contributed by atoms with van der Waals surface area (Å²) in [5.41, 5.74) is 0. The Hall–Kier alpha value is -0.720. The molecule has 11 heavy (non-hydrogen) atoms. The van der Waals surface area contributed by atoms with Crippen LogP contribution in [0.25, 0.3) is 0 Å². The largest absolute Gasteiger partial charge is 0.498 e. The van der Waals surface area contributed by atoms with Gasteiger partial charge in [-0.15, -0.1) is 0 Å². The quantitative estimate of drug-likeness (QED) is 0.310. The topological polar surface area (TPSA) is 9.23 Å². The number of ether oxygens (including phenoxy) is 1. The Kier molecular flexibility index (Phi) is 8.67. The highest BCUT2D eigenvalue weighted by Crippen LogP contribution is 1.99. The minimum atomic E-state index is 0.662. The van der Waals surface area contributed by atoms with Gasteiger partial charge in [0.1, 0.15) is 6.61 Å². The molecular formula is C10H18O. The van der Waals surface area contributed by atoms with Gasteiger partial charge in [0, 0.05) is 0 Å². The fourth-order valence-corrected chi connectivity index (χ4v) is 0.822. The van der Waals surface area contributed by atoms with Crippen LogP contribution in [-0.4, -0.2) is 6.61 Å². The van der Waals surface area contributed by atoms with Crippen LogP contribution in [0.5, 0.6) is 0 Å². The molecule has 0 aliphatic rings. The zero-order valence-electron chi connectivity index (χ0n) is 7.38. The van der Waals surface area contributed by atoms with Crippen LogP contribution in [0.1, 0.15) is 32.6 Å². The molecule has 0 aliphatic heterocycles. The van der Waals surface area contributed by atoms with Gasteiger partial charge in [0.15, 0.2) is 0 Å². The smallest absolute Gasteiger partial charge is 0.105 e. The molecule has 0 rings (SSSR count). The van der Waals surface area contributed by atoms with Gasteiger partial charge in [-0.1, -0.05) is 38.5 Å². The van der Waals surface area contributed by atoms with Crippen LogP contribution in [-0.2, 0) is 4.74 Å². The monoisotopic (exact) mass is 154 g/mol. The Bertz CT molecular complexity index is 105. The summed E-state index contributed by atoms with van der Waals surface area (Å²) >= 11 is 0. The molecule has 1 heteroatoms. The Morgan fingerprint density at radius 3 is 2.73 bits per heavy atom. The first-order valence-electron chi connectivity index (χ1n) is 4.29. The summed E-state index contributed by atoms with van der Waals surface area (Å²) in [6, 6.07) is 0. The molecule has 0 fully saturated rings. The van der Waals surface area contributed by atoms with E-state index in [9.17, 15) is 0 Å². The molecular weight excluding hydrogens is 136 g/mol. The van der Waals surface area contributed by atoms with E-state index < -0.39 is 0 Å². The Labute approximate surface area is 69.8 Å². The van der Waals surface area contributed by atoms with Crippen molar-refractivity contribution in [2.45, 2.75) is 32.6 Å². The van der Waals surface area contributed by atoms with Crippen LogP contribution in [0.15, 0.2) is 25.0 Å². The van der Waals surface area contributed by atoms with Crippen molar-refractivity contribution < 1.29 is 4.74 Å². The number of hydrogen-bond acceptors (Lipinski definition) is 1. The molecule has 0 aromatic rings. The van der Waals surface area contributed by atoms with Crippen molar-refractivity contribution in [3.05, 3.63) is 25.0 Å². The maximum atomic E-state index is 4.92. The van der Waals surface area contributed by atoms with Gasteiger partial charge < -0.3 is 4.74 Å². The van der Waals surface area contributed by atoms with Crippen molar-refractivity contribution in [3.63, 3.8) is 0 Å². The van der Waals surface area contributed by atoms with Gasteiger partial charge in [-0.05, 0) is 12.8 Å². The first kappa shape index (κ1) is 10.3. The van der Waals surface area contributed by atoms with E-state index in [-0.39, 0.29) is 0 Å². The molecule has 0 atom stereocenters. The average Bonchev–Trinajstić information content (AvgIpc) is 2.03. The second-order valence-electron chi connectivity index (χ2n) is 2.47. The van der Waals surface area contributed by atoms with Crippen LogP contribution in [0.3, 0.4) is 0 Å². The third kappa shape index (κ3) is 9.28. The van der Waals surface area contributed by atoms with E-state index in [1.54, 1.807) is 0 Å². The number of rotatable bonds is 7. The predicted molar refractivity (Wildman–Crippen MR) is 49.4 cm³/mol. The minimum Gasteiger partial charge on any atom is -0.498 e. The maximum absolute atomic E-state index is 4.92.